The van der Waals surface area contributed by atoms with E-state index in [0.29, 0.717) is 5.88 Å². The van der Waals surface area contributed by atoms with E-state index < -0.39 is 0 Å². The zero-order valence-electron chi connectivity index (χ0n) is 9.98. The van der Waals surface area contributed by atoms with Crippen molar-refractivity contribution in [1.29, 1.82) is 0 Å². The molecule has 17 heavy (non-hydrogen) atoms. The molecule has 2 heterocycles. The van der Waals surface area contributed by atoms with Gasteiger partial charge in [0.2, 0.25) is 0 Å². The number of hydrogen-bond acceptors (Lipinski definition) is 3. The number of rotatable bonds is 3. The maximum absolute atomic E-state index is 5.96. The number of hydrogen-bond donors (Lipinski definition) is 0. The molecule has 92 valence electrons. The van der Waals surface area contributed by atoms with Crippen molar-refractivity contribution in [2.24, 2.45) is 0 Å². The fourth-order valence-electron chi connectivity index (χ4n) is 2.56. The third-order valence-corrected chi connectivity index (χ3v) is 3.98. The molecule has 1 aromatic heterocycles. The molecule has 0 bridgehead atoms. The van der Waals surface area contributed by atoms with E-state index in [1.807, 2.05) is 12.3 Å². The Bertz CT molecular complexity index is 384. The highest BCUT2D eigenvalue weighted by atomic mass is 35.5. The quantitative estimate of drug-likeness (QED) is 0.767. The molecule has 0 aromatic carbocycles. The lowest BCUT2D eigenvalue weighted by atomic mass is 10.2. The first-order valence-corrected chi connectivity index (χ1v) is 6.91. The van der Waals surface area contributed by atoms with Crippen LogP contribution in [0, 0.1) is 0 Å². The van der Waals surface area contributed by atoms with Crippen LogP contribution in [0.3, 0.4) is 0 Å². The average molecular weight is 252 g/mol. The molecular formula is C13H18ClN3. The standard InChI is InChI=1S/C13H18ClN3/c14-10-11-2-1-5-15-13(11)17-8-6-16(7-9-17)12-3-4-12/h1-2,5,12H,3-4,6-10H2. The first-order chi connectivity index (χ1) is 8.38. The Kier molecular flexibility index (Phi) is 3.21. The van der Waals surface area contributed by atoms with E-state index in [2.05, 4.69) is 20.9 Å². The molecule has 1 aliphatic heterocycles. The largest absolute Gasteiger partial charge is 0.354 e. The molecule has 0 amide bonds. The molecule has 2 fully saturated rings. The summed E-state index contributed by atoms with van der Waals surface area (Å²) in [5.41, 5.74) is 1.15. The fourth-order valence-corrected chi connectivity index (χ4v) is 2.77. The fraction of sp³-hybridized carbons (Fsp3) is 0.615. The van der Waals surface area contributed by atoms with Crippen LogP contribution in [-0.4, -0.2) is 42.1 Å². The molecule has 4 heteroatoms. The van der Waals surface area contributed by atoms with Crippen molar-refractivity contribution in [1.82, 2.24) is 9.88 Å². The smallest absolute Gasteiger partial charge is 0.133 e. The summed E-state index contributed by atoms with van der Waals surface area (Å²) in [6, 6.07) is 4.91. The van der Waals surface area contributed by atoms with E-state index >= 15 is 0 Å². The number of alkyl halides is 1. The molecule has 3 nitrogen and oxygen atoms in total. The van der Waals surface area contributed by atoms with Gasteiger partial charge >= 0.3 is 0 Å². The van der Waals surface area contributed by atoms with Crippen molar-refractivity contribution in [3.8, 4) is 0 Å². The number of nitrogens with zero attached hydrogens (tertiary/aromatic N) is 3. The van der Waals surface area contributed by atoms with Gasteiger partial charge in [-0.15, -0.1) is 11.6 Å². The second-order valence-electron chi connectivity index (χ2n) is 4.87. The monoisotopic (exact) mass is 251 g/mol. The van der Waals surface area contributed by atoms with Crippen LogP contribution in [0.25, 0.3) is 0 Å². The summed E-state index contributed by atoms with van der Waals surface area (Å²) in [7, 11) is 0. The molecule has 1 aromatic rings. The van der Waals surface area contributed by atoms with E-state index in [1.54, 1.807) is 0 Å². The second-order valence-corrected chi connectivity index (χ2v) is 5.14. The summed E-state index contributed by atoms with van der Waals surface area (Å²) >= 11 is 5.96. The minimum Gasteiger partial charge on any atom is -0.354 e. The van der Waals surface area contributed by atoms with Gasteiger partial charge < -0.3 is 4.90 Å². The first kappa shape index (κ1) is 11.3. The zero-order chi connectivity index (χ0) is 11.7. The Morgan fingerprint density at radius 2 is 2.00 bits per heavy atom. The lowest BCUT2D eigenvalue weighted by Crippen LogP contribution is -2.47. The lowest BCUT2D eigenvalue weighted by molar-refractivity contribution is 0.247. The number of anilines is 1. The maximum Gasteiger partial charge on any atom is 0.133 e. The van der Waals surface area contributed by atoms with Gasteiger partial charge in [0.1, 0.15) is 5.82 Å². The van der Waals surface area contributed by atoms with E-state index in [1.165, 1.54) is 25.9 Å². The van der Waals surface area contributed by atoms with Crippen LogP contribution in [0.2, 0.25) is 0 Å². The minimum atomic E-state index is 0.548. The number of aromatic nitrogens is 1. The maximum atomic E-state index is 5.96. The molecule has 0 N–H and O–H groups in total. The molecule has 2 aliphatic rings. The van der Waals surface area contributed by atoms with Crippen molar-refractivity contribution in [2.75, 3.05) is 31.1 Å². The molecule has 0 atom stereocenters. The van der Waals surface area contributed by atoms with Crippen LogP contribution in [-0.2, 0) is 5.88 Å². The highest BCUT2D eigenvalue weighted by molar-refractivity contribution is 6.17. The van der Waals surface area contributed by atoms with Gasteiger partial charge in [0.15, 0.2) is 0 Å². The predicted octanol–water partition coefficient (Wildman–Crippen LogP) is 2.10. The number of piperazine rings is 1. The van der Waals surface area contributed by atoms with E-state index in [0.717, 1.165) is 30.5 Å². The van der Waals surface area contributed by atoms with E-state index in [9.17, 15) is 0 Å². The minimum absolute atomic E-state index is 0.548. The van der Waals surface area contributed by atoms with Crippen LogP contribution in [0.1, 0.15) is 18.4 Å². The van der Waals surface area contributed by atoms with Crippen LogP contribution < -0.4 is 4.90 Å². The van der Waals surface area contributed by atoms with Gasteiger partial charge in [0.05, 0.1) is 5.88 Å². The van der Waals surface area contributed by atoms with Gasteiger partial charge in [-0.1, -0.05) is 6.07 Å². The van der Waals surface area contributed by atoms with Crippen molar-refractivity contribution < 1.29 is 0 Å². The summed E-state index contributed by atoms with van der Waals surface area (Å²) in [6.45, 7) is 4.50. The van der Waals surface area contributed by atoms with Crippen molar-refractivity contribution in [3.63, 3.8) is 0 Å². The lowest BCUT2D eigenvalue weighted by Gasteiger charge is -2.36. The van der Waals surface area contributed by atoms with Crippen molar-refractivity contribution >= 4 is 17.4 Å². The number of halogens is 1. The van der Waals surface area contributed by atoms with Crippen LogP contribution >= 0.6 is 11.6 Å². The third kappa shape index (κ3) is 2.40. The summed E-state index contributed by atoms with van der Waals surface area (Å²) < 4.78 is 0. The third-order valence-electron chi connectivity index (χ3n) is 3.69. The Morgan fingerprint density at radius 3 is 2.65 bits per heavy atom. The summed E-state index contributed by atoms with van der Waals surface area (Å²) in [4.78, 5) is 9.46. The molecule has 3 rings (SSSR count). The van der Waals surface area contributed by atoms with Gasteiger partial charge in [-0.3, -0.25) is 4.90 Å². The van der Waals surface area contributed by atoms with Crippen molar-refractivity contribution in [2.45, 2.75) is 24.8 Å². The van der Waals surface area contributed by atoms with E-state index in [4.69, 9.17) is 11.6 Å². The molecular weight excluding hydrogens is 234 g/mol. The Morgan fingerprint density at radius 1 is 1.24 bits per heavy atom. The Labute approximate surface area is 107 Å². The molecule has 0 unspecified atom stereocenters. The topological polar surface area (TPSA) is 19.4 Å². The number of pyridine rings is 1. The van der Waals surface area contributed by atoms with Gasteiger partial charge in [-0.05, 0) is 18.9 Å². The second kappa shape index (κ2) is 4.83. The van der Waals surface area contributed by atoms with Gasteiger partial charge in [0, 0.05) is 44.0 Å². The van der Waals surface area contributed by atoms with Gasteiger partial charge in [-0.25, -0.2) is 4.98 Å². The molecule has 1 aliphatic carbocycles. The van der Waals surface area contributed by atoms with Crippen LogP contribution in [0.4, 0.5) is 5.82 Å². The molecule has 0 radical (unpaired) electrons. The summed E-state index contributed by atoms with van der Waals surface area (Å²) in [5.74, 6) is 1.63. The normalized spacial score (nSPS) is 21.8. The van der Waals surface area contributed by atoms with Crippen LogP contribution in [0.15, 0.2) is 18.3 Å². The molecule has 1 saturated carbocycles. The van der Waals surface area contributed by atoms with Gasteiger partial charge in [0.25, 0.3) is 0 Å². The average Bonchev–Trinajstić information content (AvgIpc) is 3.23. The Hall–Kier alpha value is -0.800. The van der Waals surface area contributed by atoms with E-state index in [-0.39, 0.29) is 0 Å². The molecule has 1 saturated heterocycles. The zero-order valence-corrected chi connectivity index (χ0v) is 10.7. The van der Waals surface area contributed by atoms with Crippen molar-refractivity contribution in [3.05, 3.63) is 23.9 Å². The first-order valence-electron chi connectivity index (χ1n) is 6.37. The van der Waals surface area contributed by atoms with Crippen LogP contribution in [0.5, 0.6) is 0 Å². The highest BCUT2D eigenvalue weighted by Crippen LogP contribution is 2.28. The van der Waals surface area contributed by atoms with Gasteiger partial charge in [-0.2, -0.15) is 0 Å². The summed E-state index contributed by atoms with van der Waals surface area (Å²) in [5, 5.41) is 0. The predicted molar refractivity (Wildman–Crippen MR) is 70.6 cm³/mol. The summed E-state index contributed by atoms with van der Waals surface area (Å²) in [6.07, 6.45) is 4.66. The highest BCUT2D eigenvalue weighted by Gasteiger charge is 2.31. The Balaban J connectivity index is 1.68. The SMILES string of the molecule is ClCc1cccnc1N1CCN(C2CC2)CC1. The molecule has 0 spiro atoms.